The van der Waals surface area contributed by atoms with Crippen molar-refractivity contribution < 1.29 is 15.0 Å². The summed E-state index contributed by atoms with van der Waals surface area (Å²) in [6, 6.07) is -0.127. The smallest absolute Gasteiger partial charge is 0.404 e. The van der Waals surface area contributed by atoms with Gasteiger partial charge in [0.15, 0.2) is 0 Å². The first-order valence-electron chi connectivity index (χ1n) is 4.35. The van der Waals surface area contributed by atoms with Crippen LogP contribution in [0, 0.1) is 0 Å². The molecular formula is C8H16N2O3. The van der Waals surface area contributed by atoms with Gasteiger partial charge >= 0.3 is 6.09 Å². The Balaban J connectivity index is 2.41. The summed E-state index contributed by atoms with van der Waals surface area (Å²) in [5, 5.41) is 23.6. The molecule has 1 aliphatic heterocycles. The van der Waals surface area contributed by atoms with Gasteiger partial charge in [0.25, 0.3) is 0 Å². The van der Waals surface area contributed by atoms with Crippen LogP contribution in [0.3, 0.4) is 0 Å². The third-order valence-corrected chi connectivity index (χ3v) is 2.31. The fourth-order valence-corrected chi connectivity index (χ4v) is 1.56. The zero-order valence-electron chi connectivity index (χ0n) is 7.87. The van der Waals surface area contributed by atoms with Gasteiger partial charge in [-0.1, -0.05) is 0 Å². The maximum Gasteiger partial charge on any atom is 0.404 e. The van der Waals surface area contributed by atoms with Gasteiger partial charge in [-0.15, -0.1) is 0 Å². The average Bonchev–Trinajstić information content (AvgIpc) is 2.32. The van der Waals surface area contributed by atoms with E-state index in [4.69, 9.17) is 5.11 Å². The van der Waals surface area contributed by atoms with Gasteiger partial charge in [-0.25, -0.2) is 4.79 Å². The molecule has 1 aliphatic rings. The second kappa shape index (κ2) is 3.51. The number of nitrogens with one attached hydrogen (secondary N) is 2. The monoisotopic (exact) mass is 188 g/mol. The van der Waals surface area contributed by atoms with E-state index in [1.54, 1.807) is 13.8 Å². The highest BCUT2D eigenvalue weighted by molar-refractivity contribution is 5.64. The van der Waals surface area contributed by atoms with E-state index in [2.05, 4.69) is 10.6 Å². The molecule has 76 valence electrons. The van der Waals surface area contributed by atoms with Crippen molar-refractivity contribution >= 4 is 6.09 Å². The molecule has 1 fully saturated rings. The summed E-state index contributed by atoms with van der Waals surface area (Å²) in [5.41, 5.74) is -0.797. The molecule has 0 unspecified atom stereocenters. The van der Waals surface area contributed by atoms with Crippen molar-refractivity contribution in [2.24, 2.45) is 0 Å². The minimum absolute atomic E-state index is 0.0376. The average molecular weight is 188 g/mol. The highest BCUT2D eigenvalue weighted by Crippen LogP contribution is 2.18. The second-order valence-electron chi connectivity index (χ2n) is 4.00. The first-order chi connectivity index (χ1) is 5.89. The molecule has 13 heavy (non-hydrogen) atoms. The molecule has 0 aromatic rings. The van der Waals surface area contributed by atoms with E-state index in [1.165, 1.54) is 0 Å². The summed E-state index contributed by atoms with van der Waals surface area (Å²) in [7, 11) is 0. The molecule has 0 aromatic carbocycles. The minimum Gasteiger partial charge on any atom is -0.465 e. The van der Waals surface area contributed by atoms with E-state index in [0.717, 1.165) is 0 Å². The Hall–Kier alpha value is -0.810. The van der Waals surface area contributed by atoms with E-state index in [0.29, 0.717) is 13.0 Å². The van der Waals surface area contributed by atoms with Crippen LogP contribution in [-0.4, -0.2) is 40.5 Å². The fourth-order valence-electron chi connectivity index (χ4n) is 1.56. The quantitative estimate of drug-likeness (QED) is 0.482. The van der Waals surface area contributed by atoms with E-state index in [9.17, 15) is 9.90 Å². The highest BCUT2D eigenvalue weighted by Gasteiger charge is 2.34. The van der Waals surface area contributed by atoms with Gasteiger partial charge < -0.3 is 20.8 Å². The number of hydrogen-bond donors (Lipinski definition) is 4. The topological polar surface area (TPSA) is 81.6 Å². The SMILES string of the molecule is CC(C)(O)[C@@H]1C[C@H](NC(=O)O)CN1. The predicted octanol–water partition coefficient (Wildman–Crippen LogP) is -0.245. The van der Waals surface area contributed by atoms with Gasteiger partial charge in [-0.2, -0.15) is 0 Å². The molecular weight excluding hydrogens is 172 g/mol. The zero-order chi connectivity index (χ0) is 10.1. The Morgan fingerprint density at radius 3 is 2.62 bits per heavy atom. The molecule has 0 aliphatic carbocycles. The van der Waals surface area contributed by atoms with Crippen molar-refractivity contribution in [3.8, 4) is 0 Å². The molecule has 1 rings (SSSR count). The van der Waals surface area contributed by atoms with E-state index < -0.39 is 11.7 Å². The molecule has 5 heteroatoms. The Bertz CT molecular complexity index is 200. The lowest BCUT2D eigenvalue weighted by molar-refractivity contribution is 0.0441. The van der Waals surface area contributed by atoms with Crippen LogP contribution in [0.25, 0.3) is 0 Å². The lowest BCUT2D eigenvalue weighted by Gasteiger charge is -2.25. The third-order valence-electron chi connectivity index (χ3n) is 2.31. The molecule has 1 amide bonds. The lowest BCUT2D eigenvalue weighted by atomic mass is 9.96. The fraction of sp³-hybridized carbons (Fsp3) is 0.875. The molecule has 0 aromatic heterocycles. The normalized spacial score (nSPS) is 28.8. The van der Waals surface area contributed by atoms with Gasteiger partial charge in [0, 0.05) is 18.6 Å². The molecule has 0 bridgehead atoms. The van der Waals surface area contributed by atoms with Gasteiger partial charge in [0.05, 0.1) is 5.60 Å². The maximum atomic E-state index is 10.3. The van der Waals surface area contributed by atoms with Gasteiger partial charge in [-0.3, -0.25) is 0 Å². The highest BCUT2D eigenvalue weighted by atomic mass is 16.4. The van der Waals surface area contributed by atoms with E-state index in [-0.39, 0.29) is 12.1 Å². The number of hydrogen-bond acceptors (Lipinski definition) is 3. The lowest BCUT2D eigenvalue weighted by Crippen LogP contribution is -2.42. The molecule has 2 atom stereocenters. The van der Waals surface area contributed by atoms with Crippen LogP contribution in [0.5, 0.6) is 0 Å². The largest absolute Gasteiger partial charge is 0.465 e. The Labute approximate surface area is 77.1 Å². The van der Waals surface area contributed by atoms with Crippen molar-refractivity contribution in [3.63, 3.8) is 0 Å². The summed E-state index contributed by atoms with van der Waals surface area (Å²) < 4.78 is 0. The Morgan fingerprint density at radius 2 is 2.23 bits per heavy atom. The standard InChI is InChI=1S/C8H16N2O3/c1-8(2,13)6-3-5(4-9-6)10-7(11)12/h5-6,9-10,13H,3-4H2,1-2H3,(H,11,12)/t5-,6-/m0/s1. The number of carbonyl (C=O) groups is 1. The third kappa shape index (κ3) is 2.86. The molecule has 0 spiro atoms. The molecule has 1 saturated heterocycles. The molecule has 5 nitrogen and oxygen atoms in total. The summed E-state index contributed by atoms with van der Waals surface area (Å²) in [6.07, 6.45) is -0.376. The Kier molecular flexibility index (Phi) is 2.77. The summed E-state index contributed by atoms with van der Waals surface area (Å²) in [4.78, 5) is 10.3. The Morgan fingerprint density at radius 1 is 1.62 bits per heavy atom. The van der Waals surface area contributed by atoms with Crippen LogP contribution >= 0.6 is 0 Å². The number of carboxylic acid groups (broad SMARTS) is 1. The van der Waals surface area contributed by atoms with Crippen molar-refractivity contribution in [2.45, 2.75) is 38.0 Å². The summed E-state index contributed by atoms with van der Waals surface area (Å²) in [5.74, 6) is 0. The van der Waals surface area contributed by atoms with Crippen LogP contribution in [0.4, 0.5) is 4.79 Å². The van der Waals surface area contributed by atoms with Crippen LogP contribution < -0.4 is 10.6 Å². The predicted molar refractivity (Wildman–Crippen MR) is 47.7 cm³/mol. The molecule has 0 saturated carbocycles. The minimum atomic E-state index is -1.01. The summed E-state index contributed by atoms with van der Waals surface area (Å²) >= 11 is 0. The van der Waals surface area contributed by atoms with Crippen molar-refractivity contribution in [2.75, 3.05) is 6.54 Å². The second-order valence-corrected chi connectivity index (χ2v) is 4.00. The summed E-state index contributed by atoms with van der Waals surface area (Å²) in [6.45, 7) is 4.02. The number of aliphatic hydroxyl groups is 1. The molecule has 4 N–H and O–H groups in total. The van der Waals surface area contributed by atoms with E-state index >= 15 is 0 Å². The van der Waals surface area contributed by atoms with Gasteiger partial charge in [0.2, 0.25) is 0 Å². The zero-order valence-corrected chi connectivity index (χ0v) is 7.87. The van der Waals surface area contributed by atoms with Gasteiger partial charge in [-0.05, 0) is 20.3 Å². The van der Waals surface area contributed by atoms with Crippen LogP contribution in [-0.2, 0) is 0 Å². The van der Waals surface area contributed by atoms with Crippen LogP contribution in [0.1, 0.15) is 20.3 Å². The van der Waals surface area contributed by atoms with Crippen molar-refractivity contribution in [1.82, 2.24) is 10.6 Å². The van der Waals surface area contributed by atoms with Gasteiger partial charge in [0.1, 0.15) is 0 Å². The number of rotatable bonds is 2. The van der Waals surface area contributed by atoms with Crippen molar-refractivity contribution in [1.29, 1.82) is 0 Å². The van der Waals surface area contributed by atoms with Crippen LogP contribution in [0.15, 0.2) is 0 Å². The number of amides is 1. The van der Waals surface area contributed by atoms with E-state index in [1.807, 2.05) is 0 Å². The van der Waals surface area contributed by atoms with Crippen molar-refractivity contribution in [3.05, 3.63) is 0 Å². The maximum absolute atomic E-state index is 10.3. The van der Waals surface area contributed by atoms with Crippen LogP contribution in [0.2, 0.25) is 0 Å². The first-order valence-corrected chi connectivity index (χ1v) is 4.35. The first kappa shape index (κ1) is 10.3. The molecule has 0 radical (unpaired) electrons. The molecule has 1 heterocycles.